The molecule has 0 aromatic heterocycles. The highest BCUT2D eigenvalue weighted by atomic mass is 32.2. The fraction of sp³-hybridized carbons (Fsp3) is 0.667. The lowest BCUT2D eigenvalue weighted by molar-refractivity contribution is 0.0554. The predicted molar refractivity (Wildman–Crippen MR) is 110 cm³/mol. The van der Waals surface area contributed by atoms with Crippen LogP contribution in [0, 0.1) is 5.82 Å². The van der Waals surface area contributed by atoms with Gasteiger partial charge in [0.05, 0.1) is 11.5 Å². The van der Waals surface area contributed by atoms with Gasteiger partial charge in [0.15, 0.2) is 0 Å². The quantitative estimate of drug-likeness (QED) is 0.371. The Morgan fingerprint density at radius 3 is 1.76 bits per heavy atom. The Labute approximate surface area is 172 Å². The van der Waals surface area contributed by atoms with Crippen molar-refractivity contribution in [3.63, 3.8) is 0 Å². The van der Waals surface area contributed by atoms with Crippen LogP contribution in [0.5, 0.6) is 0 Å². The molecule has 1 aromatic rings. The summed E-state index contributed by atoms with van der Waals surface area (Å²) in [5, 5.41) is 21.1. The van der Waals surface area contributed by atoms with Crippen molar-refractivity contribution in [3.05, 3.63) is 35.1 Å². The number of hydrogen-bond donors (Lipinski definition) is 4. The second-order valence-corrected chi connectivity index (χ2v) is 11.4. The van der Waals surface area contributed by atoms with Gasteiger partial charge in [-0.15, -0.1) is 0 Å². The van der Waals surface area contributed by atoms with E-state index in [9.17, 15) is 31.4 Å². The van der Waals surface area contributed by atoms with Gasteiger partial charge in [-0.3, -0.25) is 0 Å². The molecule has 0 saturated heterocycles. The molecule has 29 heavy (non-hydrogen) atoms. The van der Waals surface area contributed by atoms with Gasteiger partial charge in [-0.05, 0) is 38.3 Å². The van der Waals surface area contributed by atoms with Crippen molar-refractivity contribution in [1.29, 1.82) is 0 Å². The highest BCUT2D eigenvalue weighted by molar-refractivity contribution is 7.89. The van der Waals surface area contributed by atoms with Gasteiger partial charge in [-0.1, -0.05) is 26.0 Å². The van der Waals surface area contributed by atoms with Gasteiger partial charge in [0, 0.05) is 18.7 Å². The first kappa shape index (κ1) is 25.9. The van der Waals surface area contributed by atoms with E-state index >= 15 is 0 Å². The summed E-state index contributed by atoms with van der Waals surface area (Å²) in [6, 6.07) is 3.60. The van der Waals surface area contributed by atoms with Gasteiger partial charge in [-0.2, -0.15) is 0 Å². The van der Waals surface area contributed by atoms with Crippen molar-refractivity contribution in [3.8, 4) is 0 Å². The van der Waals surface area contributed by atoms with Crippen LogP contribution in [0.2, 0.25) is 0 Å². The Bertz CT molecular complexity index is 899. The average Bonchev–Trinajstić information content (AvgIpc) is 2.58. The summed E-state index contributed by atoms with van der Waals surface area (Å²) in [5.41, 5.74) is -3.55. The molecule has 0 aliphatic heterocycles. The van der Waals surface area contributed by atoms with E-state index in [-0.39, 0.29) is 29.2 Å². The molecule has 2 atom stereocenters. The molecule has 8 nitrogen and oxygen atoms in total. The lowest BCUT2D eigenvalue weighted by Gasteiger charge is -2.28. The molecule has 168 valence electrons. The van der Waals surface area contributed by atoms with Crippen molar-refractivity contribution in [1.82, 2.24) is 9.44 Å². The lowest BCUT2D eigenvalue weighted by atomic mass is 9.90. The largest absolute Gasteiger partial charge is 0.384 e. The molecule has 0 aliphatic rings. The maximum atomic E-state index is 14.7. The lowest BCUT2D eigenvalue weighted by Crippen LogP contribution is -2.41. The minimum Gasteiger partial charge on any atom is -0.384 e. The molecule has 1 rings (SSSR count). The summed E-state index contributed by atoms with van der Waals surface area (Å²) >= 11 is 0. The van der Waals surface area contributed by atoms with E-state index < -0.39 is 43.6 Å². The maximum absolute atomic E-state index is 14.7. The van der Waals surface area contributed by atoms with Crippen LogP contribution < -0.4 is 9.44 Å². The highest BCUT2D eigenvalue weighted by Crippen LogP contribution is 2.28. The van der Waals surface area contributed by atoms with Crippen molar-refractivity contribution < 1.29 is 31.4 Å². The van der Waals surface area contributed by atoms with Crippen LogP contribution in [0.1, 0.15) is 51.7 Å². The van der Waals surface area contributed by atoms with Crippen molar-refractivity contribution in [2.24, 2.45) is 0 Å². The van der Waals surface area contributed by atoms with Gasteiger partial charge in [0.25, 0.3) is 0 Å². The molecule has 2 unspecified atom stereocenters. The molecule has 4 N–H and O–H groups in total. The monoisotopic (exact) mass is 454 g/mol. The van der Waals surface area contributed by atoms with E-state index in [1.54, 1.807) is 13.8 Å². The number of rotatable bonds is 12. The zero-order valence-corrected chi connectivity index (χ0v) is 18.8. The molecule has 1 aromatic carbocycles. The summed E-state index contributed by atoms with van der Waals surface area (Å²) in [7, 11) is -7.13. The Hall–Kier alpha value is -1.11. The molecule has 0 radical (unpaired) electrons. The van der Waals surface area contributed by atoms with Crippen LogP contribution in [0.15, 0.2) is 18.2 Å². The summed E-state index contributed by atoms with van der Waals surface area (Å²) in [5.74, 6) is -1.05. The Morgan fingerprint density at radius 1 is 0.897 bits per heavy atom. The molecule has 0 aliphatic carbocycles. The third-order valence-electron chi connectivity index (χ3n) is 4.39. The van der Waals surface area contributed by atoms with E-state index in [0.717, 1.165) is 6.07 Å². The molecule has 11 heteroatoms. The summed E-state index contributed by atoms with van der Waals surface area (Å²) in [4.78, 5) is 0. The number of nitrogens with one attached hydrogen (secondary N) is 2. The fourth-order valence-corrected chi connectivity index (χ4v) is 5.03. The van der Waals surface area contributed by atoms with Crippen LogP contribution in [-0.2, 0) is 31.2 Å². The van der Waals surface area contributed by atoms with E-state index in [1.807, 2.05) is 0 Å². The summed E-state index contributed by atoms with van der Waals surface area (Å²) < 4.78 is 66.3. The van der Waals surface area contributed by atoms with E-state index in [4.69, 9.17) is 0 Å². The normalized spacial score (nSPS) is 16.9. The van der Waals surface area contributed by atoms with E-state index in [2.05, 4.69) is 9.44 Å². The number of aliphatic hydroxyl groups is 2. The number of sulfonamides is 2. The third-order valence-corrected chi connectivity index (χ3v) is 7.45. The Morgan fingerprint density at radius 2 is 1.34 bits per heavy atom. The topological polar surface area (TPSA) is 133 Å². The first-order valence-electron chi connectivity index (χ1n) is 9.35. The van der Waals surface area contributed by atoms with Crippen LogP contribution in [0.4, 0.5) is 4.39 Å². The van der Waals surface area contributed by atoms with Crippen molar-refractivity contribution in [2.45, 2.75) is 51.7 Å². The number of halogens is 1. The first-order chi connectivity index (χ1) is 13.2. The van der Waals surface area contributed by atoms with E-state index in [0.29, 0.717) is 12.8 Å². The average molecular weight is 455 g/mol. The van der Waals surface area contributed by atoms with Crippen LogP contribution in [-0.4, -0.2) is 51.6 Å². The van der Waals surface area contributed by atoms with Gasteiger partial charge >= 0.3 is 0 Å². The molecule has 0 heterocycles. The Balaban J connectivity index is 2.99. The van der Waals surface area contributed by atoms with Gasteiger partial charge in [0.2, 0.25) is 20.0 Å². The standard InChI is InChI=1S/C18H31FN2O6S2/c1-5-9-28(24,25)20-12-17(3,22)14-7-8-15(16(19)11-14)18(4,23)13-21-29(26,27)10-6-2/h7-8,11,20-23H,5-6,9-10,12-13H2,1-4H3. The second kappa shape index (κ2) is 9.80. The Kier molecular flexibility index (Phi) is 8.76. The van der Waals surface area contributed by atoms with Crippen LogP contribution in [0.3, 0.4) is 0 Å². The van der Waals surface area contributed by atoms with Crippen LogP contribution in [0.25, 0.3) is 0 Å². The zero-order chi connectivity index (χ0) is 22.5. The summed E-state index contributed by atoms with van der Waals surface area (Å²) in [6.07, 6.45) is 0.815. The van der Waals surface area contributed by atoms with Crippen molar-refractivity contribution in [2.75, 3.05) is 24.6 Å². The molecule has 0 saturated carbocycles. The molecule has 0 bridgehead atoms. The zero-order valence-electron chi connectivity index (χ0n) is 17.2. The number of hydrogen-bond acceptors (Lipinski definition) is 6. The molecule has 0 spiro atoms. The second-order valence-electron chi connectivity index (χ2n) is 7.52. The van der Waals surface area contributed by atoms with Gasteiger partial charge < -0.3 is 10.2 Å². The molecular weight excluding hydrogens is 423 g/mol. The molecular formula is C18H31FN2O6S2. The minimum atomic E-state index is -3.58. The highest BCUT2D eigenvalue weighted by Gasteiger charge is 2.31. The predicted octanol–water partition coefficient (Wildman–Crippen LogP) is 0.900. The number of benzene rings is 1. The van der Waals surface area contributed by atoms with Crippen LogP contribution >= 0.6 is 0 Å². The third kappa shape index (κ3) is 7.91. The maximum Gasteiger partial charge on any atom is 0.211 e. The smallest absolute Gasteiger partial charge is 0.211 e. The van der Waals surface area contributed by atoms with E-state index in [1.165, 1.54) is 26.0 Å². The summed E-state index contributed by atoms with van der Waals surface area (Å²) in [6.45, 7) is 5.26. The first-order valence-corrected chi connectivity index (χ1v) is 12.7. The minimum absolute atomic E-state index is 0.0901. The van der Waals surface area contributed by atoms with Gasteiger partial charge in [-0.25, -0.2) is 30.7 Å². The van der Waals surface area contributed by atoms with Crippen molar-refractivity contribution >= 4 is 20.0 Å². The fourth-order valence-electron chi connectivity index (χ4n) is 2.67. The molecule has 0 amide bonds. The molecule has 0 fully saturated rings. The van der Waals surface area contributed by atoms with Gasteiger partial charge in [0.1, 0.15) is 17.0 Å². The SMILES string of the molecule is CCCS(=O)(=O)NCC(C)(O)c1ccc(C(C)(O)CNS(=O)(=O)CCC)c(F)c1.